The van der Waals surface area contributed by atoms with Gasteiger partial charge in [-0.05, 0) is 25.7 Å². The summed E-state index contributed by atoms with van der Waals surface area (Å²) in [6, 6.07) is -0.352. The number of hydrogen-bond donors (Lipinski definition) is 2. The Morgan fingerprint density at radius 3 is 3.00 bits per heavy atom. The largest absolute Gasteiger partial charge is 0.389 e. The number of piperidine rings is 1. The number of carbonyl (C=O) groups is 1. The first-order valence-electron chi connectivity index (χ1n) is 7.83. The fourth-order valence-electron chi connectivity index (χ4n) is 3.55. The zero-order chi connectivity index (χ0) is 13.9. The molecule has 0 aromatic rings. The van der Waals surface area contributed by atoms with E-state index >= 15 is 0 Å². The lowest BCUT2D eigenvalue weighted by molar-refractivity contribution is -0.144. The molecule has 4 nitrogen and oxygen atoms in total. The molecule has 0 spiro atoms. The topological polar surface area (TPSA) is 66.6 Å². The second kappa shape index (κ2) is 6.23. The number of nitrogens with zero attached hydrogens (tertiary/aromatic N) is 1. The van der Waals surface area contributed by atoms with Crippen molar-refractivity contribution in [3.63, 3.8) is 0 Å². The monoisotopic (exact) mass is 268 g/mol. The van der Waals surface area contributed by atoms with Gasteiger partial charge in [-0.15, -0.1) is 0 Å². The molecular weight excluding hydrogens is 240 g/mol. The highest BCUT2D eigenvalue weighted by molar-refractivity contribution is 5.81. The molecule has 3 atom stereocenters. The van der Waals surface area contributed by atoms with Crippen LogP contribution < -0.4 is 5.73 Å². The fourth-order valence-corrected chi connectivity index (χ4v) is 3.55. The van der Waals surface area contributed by atoms with Crippen molar-refractivity contribution in [1.82, 2.24) is 4.90 Å². The number of hydrogen-bond acceptors (Lipinski definition) is 3. The molecule has 2 rings (SSSR count). The van der Waals surface area contributed by atoms with Gasteiger partial charge in [0.05, 0.1) is 11.6 Å². The number of likely N-dealkylation sites (tertiary alicyclic amines) is 1. The van der Waals surface area contributed by atoms with Crippen LogP contribution >= 0.6 is 0 Å². The van der Waals surface area contributed by atoms with Gasteiger partial charge in [-0.1, -0.05) is 32.6 Å². The predicted molar refractivity (Wildman–Crippen MR) is 75.6 cm³/mol. The van der Waals surface area contributed by atoms with E-state index in [4.69, 9.17) is 5.73 Å². The summed E-state index contributed by atoms with van der Waals surface area (Å²) in [5, 5.41) is 10.6. The summed E-state index contributed by atoms with van der Waals surface area (Å²) < 4.78 is 0. The SMILES string of the molecule is CCCC[C@H](N)C(=O)N1CCC2(O)CCCCC2C1. The van der Waals surface area contributed by atoms with Crippen molar-refractivity contribution in [2.45, 2.75) is 69.9 Å². The maximum absolute atomic E-state index is 12.3. The highest BCUT2D eigenvalue weighted by Crippen LogP contribution is 2.39. The van der Waals surface area contributed by atoms with Gasteiger partial charge in [-0.2, -0.15) is 0 Å². The van der Waals surface area contributed by atoms with Crippen LogP contribution in [0, 0.1) is 5.92 Å². The van der Waals surface area contributed by atoms with Crippen molar-refractivity contribution in [2.75, 3.05) is 13.1 Å². The zero-order valence-corrected chi connectivity index (χ0v) is 12.1. The predicted octanol–water partition coefficient (Wildman–Crippen LogP) is 1.66. The van der Waals surface area contributed by atoms with Crippen molar-refractivity contribution in [2.24, 2.45) is 11.7 Å². The third-order valence-electron chi connectivity index (χ3n) is 4.93. The molecule has 0 radical (unpaired) electrons. The molecule has 1 aliphatic carbocycles. The Bertz CT molecular complexity index is 321. The molecule has 2 fully saturated rings. The van der Waals surface area contributed by atoms with E-state index in [1.807, 2.05) is 4.90 Å². The van der Waals surface area contributed by atoms with Crippen LogP contribution in [0.2, 0.25) is 0 Å². The Labute approximate surface area is 116 Å². The number of carbonyl (C=O) groups excluding carboxylic acids is 1. The van der Waals surface area contributed by atoms with Crippen molar-refractivity contribution in [1.29, 1.82) is 0 Å². The number of fused-ring (bicyclic) bond motifs is 1. The quantitative estimate of drug-likeness (QED) is 0.815. The average molecular weight is 268 g/mol. The smallest absolute Gasteiger partial charge is 0.239 e. The summed E-state index contributed by atoms with van der Waals surface area (Å²) >= 11 is 0. The molecule has 4 heteroatoms. The van der Waals surface area contributed by atoms with Crippen LogP contribution in [0.4, 0.5) is 0 Å². The molecular formula is C15H28N2O2. The van der Waals surface area contributed by atoms with Crippen LogP contribution in [0.25, 0.3) is 0 Å². The molecule has 19 heavy (non-hydrogen) atoms. The number of amides is 1. The van der Waals surface area contributed by atoms with E-state index in [2.05, 4.69) is 6.92 Å². The Kier molecular flexibility index (Phi) is 4.85. The van der Waals surface area contributed by atoms with Gasteiger partial charge in [0.1, 0.15) is 0 Å². The second-order valence-corrected chi connectivity index (χ2v) is 6.33. The lowest BCUT2D eigenvalue weighted by Gasteiger charge is -2.47. The third-order valence-corrected chi connectivity index (χ3v) is 4.93. The van der Waals surface area contributed by atoms with Gasteiger partial charge >= 0.3 is 0 Å². The standard InChI is InChI=1S/C15H28N2O2/c1-2-3-7-13(16)14(18)17-10-9-15(19)8-5-4-6-12(15)11-17/h12-13,19H,2-11,16H2,1H3/t12?,13-,15?/m0/s1. The Balaban J connectivity index is 1.91. The first-order chi connectivity index (χ1) is 9.07. The van der Waals surface area contributed by atoms with Crippen molar-refractivity contribution in [3.05, 3.63) is 0 Å². The summed E-state index contributed by atoms with van der Waals surface area (Å²) in [6.07, 6.45) is 7.84. The molecule has 0 bridgehead atoms. The van der Waals surface area contributed by atoms with Gasteiger partial charge < -0.3 is 15.7 Å². The molecule has 0 aromatic heterocycles. The molecule has 3 N–H and O–H groups in total. The summed E-state index contributed by atoms with van der Waals surface area (Å²) in [4.78, 5) is 14.2. The van der Waals surface area contributed by atoms with Gasteiger partial charge in [0.15, 0.2) is 0 Å². The summed E-state index contributed by atoms with van der Waals surface area (Å²) in [5.74, 6) is 0.346. The Hall–Kier alpha value is -0.610. The molecule has 0 aromatic carbocycles. The minimum atomic E-state index is -0.511. The molecule has 2 unspecified atom stereocenters. The minimum absolute atomic E-state index is 0.0843. The average Bonchev–Trinajstić information content (AvgIpc) is 2.42. The van der Waals surface area contributed by atoms with E-state index in [0.29, 0.717) is 13.1 Å². The van der Waals surface area contributed by atoms with Gasteiger partial charge in [0.2, 0.25) is 5.91 Å². The maximum Gasteiger partial charge on any atom is 0.239 e. The van der Waals surface area contributed by atoms with Crippen molar-refractivity contribution < 1.29 is 9.90 Å². The van der Waals surface area contributed by atoms with Crippen LogP contribution in [-0.4, -0.2) is 40.6 Å². The van der Waals surface area contributed by atoms with E-state index in [0.717, 1.165) is 44.9 Å². The molecule has 1 aliphatic heterocycles. The highest BCUT2D eigenvalue weighted by atomic mass is 16.3. The van der Waals surface area contributed by atoms with Crippen LogP contribution in [0.5, 0.6) is 0 Å². The van der Waals surface area contributed by atoms with E-state index < -0.39 is 5.60 Å². The van der Waals surface area contributed by atoms with E-state index in [1.165, 1.54) is 6.42 Å². The molecule has 1 heterocycles. The lowest BCUT2D eigenvalue weighted by Crippen LogP contribution is -2.57. The number of rotatable bonds is 4. The lowest BCUT2D eigenvalue weighted by atomic mass is 9.71. The van der Waals surface area contributed by atoms with Crippen molar-refractivity contribution >= 4 is 5.91 Å². The molecule has 110 valence electrons. The number of nitrogens with two attached hydrogens (primary N) is 1. The Morgan fingerprint density at radius 2 is 2.26 bits per heavy atom. The van der Waals surface area contributed by atoms with E-state index in [-0.39, 0.29) is 17.9 Å². The summed E-state index contributed by atoms with van der Waals surface area (Å²) in [6.45, 7) is 3.49. The molecule has 2 aliphatic rings. The van der Waals surface area contributed by atoms with Gasteiger partial charge in [0, 0.05) is 19.0 Å². The van der Waals surface area contributed by atoms with E-state index in [9.17, 15) is 9.90 Å². The van der Waals surface area contributed by atoms with Crippen LogP contribution in [-0.2, 0) is 4.79 Å². The first-order valence-corrected chi connectivity index (χ1v) is 7.83. The normalized spacial score (nSPS) is 32.8. The number of unbranched alkanes of at least 4 members (excludes halogenated alkanes) is 1. The first kappa shape index (κ1) is 14.8. The highest BCUT2D eigenvalue weighted by Gasteiger charge is 2.44. The Morgan fingerprint density at radius 1 is 1.47 bits per heavy atom. The second-order valence-electron chi connectivity index (χ2n) is 6.33. The summed E-state index contributed by atoms with van der Waals surface area (Å²) in [5.41, 5.74) is 5.47. The molecule has 1 saturated carbocycles. The molecule has 1 amide bonds. The van der Waals surface area contributed by atoms with E-state index in [1.54, 1.807) is 0 Å². The number of aliphatic hydroxyl groups is 1. The summed E-state index contributed by atoms with van der Waals surface area (Å²) in [7, 11) is 0. The third kappa shape index (κ3) is 3.29. The van der Waals surface area contributed by atoms with Gasteiger partial charge in [-0.3, -0.25) is 4.79 Å². The van der Waals surface area contributed by atoms with Crippen LogP contribution in [0.3, 0.4) is 0 Å². The minimum Gasteiger partial charge on any atom is -0.389 e. The van der Waals surface area contributed by atoms with Crippen LogP contribution in [0.1, 0.15) is 58.3 Å². The van der Waals surface area contributed by atoms with Gasteiger partial charge in [0.25, 0.3) is 0 Å². The molecule has 1 saturated heterocycles. The van der Waals surface area contributed by atoms with Crippen molar-refractivity contribution in [3.8, 4) is 0 Å². The van der Waals surface area contributed by atoms with Crippen LogP contribution in [0.15, 0.2) is 0 Å². The van der Waals surface area contributed by atoms with Gasteiger partial charge in [-0.25, -0.2) is 0 Å². The fraction of sp³-hybridized carbons (Fsp3) is 0.933. The maximum atomic E-state index is 12.3. The zero-order valence-electron chi connectivity index (χ0n) is 12.1.